The van der Waals surface area contributed by atoms with Gasteiger partial charge in [-0.2, -0.15) is 10.1 Å². The van der Waals surface area contributed by atoms with Crippen LogP contribution < -0.4 is 10.0 Å². The average molecular weight is 402 g/mol. The minimum atomic E-state index is -3.39. The predicted molar refractivity (Wildman–Crippen MR) is 105 cm³/mol. The zero-order valence-electron chi connectivity index (χ0n) is 15.9. The standard InChI is InChI=1S/C18H22N6O3S/c1-12-15(13(2)24-18(22-12)20-11-21-24)8-9-17(25)19-10-14-6-4-5-7-16(14)23-28(3,26)27/h4-7,11,23H,8-10H2,1-3H3,(H,19,25). The highest BCUT2D eigenvalue weighted by Gasteiger charge is 2.13. The van der Waals surface area contributed by atoms with Gasteiger partial charge in [0.25, 0.3) is 5.78 Å². The fourth-order valence-corrected chi connectivity index (χ4v) is 3.61. The monoisotopic (exact) mass is 402 g/mol. The molecule has 0 aliphatic heterocycles. The first-order valence-electron chi connectivity index (χ1n) is 8.73. The van der Waals surface area contributed by atoms with Crippen molar-refractivity contribution in [1.82, 2.24) is 24.9 Å². The molecule has 0 fully saturated rings. The van der Waals surface area contributed by atoms with E-state index in [9.17, 15) is 13.2 Å². The van der Waals surface area contributed by atoms with Gasteiger partial charge in [0.1, 0.15) is 6.33 Å². The third-order valence-corrected chi connectivity index (χ3v) is 4.97. The van der Waals surface area contributed by atoms with Crippen LogP contribution in [0.15, 0.2) is 30.6 Å². The molecule has 28 heavy (non-hydrogen) atoms. The number of hydrogen-bond acceptors (Lipinski definition) is 6. The van der Waals surface area contributed by atoms with E-state index in [2.05, 4.69) is 25.1 Å². The lowest BCUT2D eigenvalue weighted by molar-refractivity contribution is -0.121. The first-order chi connectivity index (χ1) is 13.2. The first-order valence-corrected chi connectivity index (χ1v) is 10.6. The molecular formula is C18H22N6O3S. The van der Waals surface area contributed by atoms with Crippen LogP contribution in [0.2, 0.25) is 0 Å². The summed E-state index contributed by atoms with van der Waals surface area (Å²) >= 11 is 0. The zero-order chi connectivity index (χ0) is 20.3. The summed E-state index contributed by atoms with van der Waals surface area (Å²) < 4.78 is 27.1. The van der Waals surface area contributed by atoms with Gasteiger partial charge in [0, 0.05) is 24.4 Å². The number of rotatable bonds is 7. The molecule has 0 aliphatic rings. The van der Waals surface area contributed by atoms with Crippen LogP contribution in [0.25, 0.3) is 5.78 Å². The molecule has 0 atom stereocenters. The van der Waals surface area contributed by atoms with Crippen LogP contribution in [0.5, 0.6) is 0 Å². The largest absolute Gasteiger partial charge is 0.352 e. The predicted octanol–water partition coefficient (Wildman–Crippen LogP) is 1.36. The van der Waals surface area contributed by atoms with Gasteiger partial charge in [-0.15, -0.1) is 0 Å². The van der Waals surface area contributed by atoms with Gasteiger partial charge in [-0.3, -0.25) is 9.52 Å². The number of para-hydroxylation sites is 1. The molecular weight excluding hydrogens is 380 g/mol. The Morgan fingerprint density at radius 1 is 1.21 bits per heavy atom. The summed E-state index contributed by atoms with van der Waals surface area (Å²) in [7, 11) is -3.39. The molecule has 1 amide bonds. The summed E-state index contributed by atoms with van der Waals surface area (Å²) in [5.74, 6) is 0.407. The van der Waals surface area contributed by atoms with Crippen molar-refractivity contribution in [2.75, 3.05) is 11.0 Å². The lowest BCUT2D eigenvalue weighted by Crippen LogP contribution is -2.24. The smallest absolute Gasteiger partial charge is 0.252 e. The number of aromatic nitrogens is 4. The third-order valence-electron chi connectivity index (χ3n) is 4.38. The quantitative estimate of drug-likeness (QED) is 0.616. The van der Waals surface area contributed by atoms with Gasteiger partial charge < -0.3 is 5.32 Å². The second kappa shape index (κ2) is 7.93. The second-order valence-electron chi connectivity index (χ2n) is 6.54. The van der Waals surface area contributed by atoms with Crippen LogP contribution in [0.3, 0.4) is 0 Å². The molecule has 0 aliphatic carbocycles. The summed E-state index contributed by atoms with van der Waals surface area (Å²) in [4.78, 5) is 20.8. The van der Waals surface area contributed by atoms with Crippen LogP contribution >= 0.6 is 0 Å². The minimum Gasteiger partial charge on any atom is -0.352 e. The van der Waals surface area contributed by atoms with E-state index in [-0.39, 0.29) is 18.9 Å². The number of nitrogens with one attached hydrogen (secondary N) is 2. The third kappa shape index (κ3) is 4.63. The number of carbonyl (C=O) groups excluding carboxylic acids is 1. The van der Waals surface area contributed by atoms with E-state index >= 15 is 0 Å². The molecule has 3 rings (SSSR count). The number of anilines is 1. The Morgan fingerprint density at radius 3 is 2.71 bits per heavy atom. The number of amides is 1. The summed E-state index contributed by atoms with van der Waals surface area (Å²) in [6.07, 6.45) is 3.35. The van der Waals surface area contributed by atoms with Crippen molar-refractivity contribution in [3.8, 4) is 0 Å². The fourth-order valence-electron chi connectivity index (χ4n) is 3.01. The van der Waals surface area contributed by atoms with E-state index in [1.54, 1.807) is 28.8 Å². The van der Waals surface area contributed by atoms with Crippen molar-refractivity contribution in [2.45, 2.75) is 33.2 Å². The van der Waals surface area contributed by atoms with Gasteiger partial charge in [-0.05, 0) is 37.5 Å². The summed E-state index contributed by atoms with van der Waals surface area (Å²) in [5.41, 5.74) is 3.86. The maximum Gasteiger partial charge on any atom is 0.252 e. The Hall–Kier alpha value is -3.01. The van der Waals surface area contributed by atoms with E-state index in [0.717, 1.165) is 23.2 Å². The zero-order valence-corrected chi connectivity index (χ0v) is 16.7. The Labute approximate surface area is 163 Å². The molecule has 1 aromatic carbocycles. The average Bonchev–Trinajstić information content (AvgIpc) is 3.08. The molecule has 0 bridgehead atoms. The molecule has 0 saturated carbocycles. The number of benzene rings is 1. The summed E-state index contributed by atoms with van der Waals surface area (Å²) in [6, 6.07) is 6.96. The van der Waals surface area contributed by atoms with Crippen LogP contribution in [-0.4, -0.2) is 40.2 Å². The number of carbonyl (C=O) groups is 1. The van der Waals surface area contributed by atoms with Gasteiger partial charge in [-0.1, -0.05) is 18.2 Å². The number of fused-ring (bicyclic) bond motifs is 1. The lowest BCUT2D eigenvalue weighted by Gasteiger charge is -2.12. The molecule has 10 heteroatoms. The SMILES string of the molecule is Cc1nc2ncnn2c(C)c1CCC(=O)NCc1ccccc1NS(C)(=O)=O. The van der Waals surface area contributed by atoms with Gasteiger partial charge >= 0.3 is 0 Å². The second-order valence-corrected chi connectivity index (χ2v) is 8.29. The highest BCUT2D eigenvalue weighted by Crippen LogP contribution is 2.17. The van der Waals surface area contributed by atoms with Crippen molar-refractivity contribution >= 4 is 27.4 Å². The molecule has 2 N–H and O–H groups in total. The van der Waals surface area contributed by atoms with E-state index < -0.39 is 10.0 Å². The molecule has 2 heterocycles. The van der Waals surface area contributed by atoms with Crippen molar-refractivity contribution in [3.63, 3.8) is 0 Å². The molecule has 9 nitrogen and oxygen atoms in total. The number of hydrogen-bond donors (Lipinski definition) is 2. The Balaban J connectivity index is 1.63. The maximum absolute atomic E-state index is 12.3. The lowest BCUT2D eigenvalue weighted by atomic mass is 10.1. The first kappa shape index (κ1) is 19.7. The van der Waals surface area contributed by atoms with Gasteiger partial charge in [0.2, 0.25) is 15.9 Å². The maximum atomic E-state index is 12.3. The Bertz CT molecular complexity index is 1120. The molecule has 148 valence electrons. The summed E-state index contributed by atoms with van der Waals surface area (Å²) in [5, 5.41) is 6.99. The number of aryl methyl sites for hydroxylation is 2. The van der Waals surface area contributed by atoms with Crippen molar-refractivity contribution in [2.24, 2.45) is 0 Å². The summed E-state index contributed by atoms with van der Waals surface area (Å²) in [6.45, 7) is 4.05. The van der Waals surface area contributed by atoms with E-state index in [0.29, 0.717) is 23.4 Å². The molecule has 2 aromatic heterocycles. The molecule has 0 unspecified atom stereocenters. The minimum absolute atomic E-state index is 0.133. The van der Waals surface area contributed by atoms with Gasteiger partial charge in [-0.25, -0.2) is 17.9 Å². The van der Waals surface area contributed by atoms with Crippen molar-refractivity contribution in [3.05, 3.63) is 53.1 Å². The van der Waals surface area contributed by atoms with E-state index in [1.807, 2.05) is 13.8 Å². The Morgan fingerprint density at radius 2 is 1.96 bits per heavy atom. The van der Waals surface area contributed by atoms with Crippen molar-refractivity contribution in [1.29, 1.82) is 0 Å². The fraction of sp³-hybridized carbons (Fsp3) is 0.333. The molecule has 3 aromatic rings. The number of sulfonamides is 1. The van der Waals surface area contributed by atoms with Crippen LogP contribution in [0, 0.1) is 13.8 Å². The normalized spacial score (nSPS) is 11.5. The molecule has 0 spiro atoms. The van der Waals surface area contributed by atoms with Crippen LogP contribution in [0.4, 0.5) is 5.69 Å². The van der Waals surface area contributed by atoms with Gasteiger partial charge in [0.05, 0.1) is 11.9 Å². The van der Waals surface area contributed by atoms with E-state index in [1.165, 1.54) is 6.33 Å². The highest BCUT2D eigenvalue weighted by atomic mass is 32.2. The van der Waals surface area contributed by atoms with E-state index in [4.69, 9.17) is 0 Å². The van der Waals surface area contributed by atoms with Crippen LogP contribution in [0.1, 0.15) is 28.9 Å². The Kier molecular flexibility index (Phi) is 5.59. The topological polar surface area (TPSA) is 118 Å². The highest BCUT2D eigenvalue weighted by molar-refractivity contribution is 7.92. The molecule has 0 saturated heterocycles. The molecule has 0 radical (unpaired) electrons. The van der Waals surface area contributed by atoms with Gasteiger partial charge in [0.15, 0.2) is 0 Å². The number of nitrogens with zero attached hydrogens (tertiary/aromatic N) is 4. The van der Waals surface area contributed by atoms with Crippen LogP contribution in [-0.2, 0) is 27.8 Å². The van der Waals surface area contributed by atoms with Crippen molar-refractivity contribution < 1.29 is 13.2 Å².